The van der Waals surface area contributed by atoms with Gasteiger partial charge >= 0.3 is 0 Å². The van der Waals surface area contributed by atoms with E-state index in [4.69, 9.17) is 0 Å². The molecule has 0 radical (unpaired) electrons. The van der Waals surface area contributed by atoms with E-state index < -0.39 is 0 Å². The molecule has 2 aromatic rings. The van der Waals surface area contributed by atoms with Gasteiger partial charge in [0.15, 0.2) is 0 Å². The van der Waals surface area contributed by atoms with Crippen LogP contribution in [0.15, 0.2) is 30.6 Å². The lowest BCUT2D eigenvalue weighted by Crippen LogP contribution is -2.23. The molecule has 4 nitrogen and oxygen atoms in total. The fraction of sp³-hybridized carbons (Fsp3) is 0.429. The molecule has 0 saturated heterocycles. The molecule has 4 heteroatoms. The molecule has 18 heavy (non-hydrogen) atoms. The van der Waals surface area contributed by atoms with Crippen LogP contribution in [0.3, 0.4) is 0 Å². The van der Waals surface area contributed by atoms with E-state index in [1.807, 2.05) is 31.0 Å². The zero-order valence-electron chi connectivity index (χ0n) is 11.2. The van der Waals surface area contributed by atoms with Gasteiger partial charge in [-0.15, -0.1) is 0 Å². The highest BCUT2D eigenvalue weighted by Gasteiger charge is 2.12. The molecule has 0 aliphatic rings. The number of nitrogens with one attached hydrogen (secondary N) is 1. The molecule has 2 rings (SSSR count). The minimum atomic E-state index is 0.298. The van der Waals surface area contributed by atoms with E-state index in [1.54, 1.807) is 0 Å². The van der Waals surface area contributed by atoms with Gasteiger partial charge in [-0.25, -0.2) is 0 Å². The van der Waals surface area contributed by atoms with Crippen LogP contribution in [0.25, 0.3) is 0 Å². The summed E-state index contributed by atoms with van der Waals surface area (Å²) >= 11 is 0. The van der Waals surface area contributed by atoms with E-state index >= 15 is 0 Å². The average molecular weight is 244 g/mol. The Bertz CT molecular complexity index is 504. The van der Waals surface area contributed by atoms with Gasteiger partial charge in [0.2, 0.25) is 0 Å². The maximum atomic E-state index is 4.44. The van der Waals surface area contributed by atoms with Crippen LogP contribution in [-0.4, -0.2) is 21.3 Å². The summed E-state index contributed by atoms with van der Waals surface area (Å²) in [4.78, 5) is 4.25. The van der Waals surface area contributed by atoms with Crippen molar-refractivity contribution in [3.05, 3.63) is 47.5 Å². The van der Waals surface area contributed by atoms with E-state index in [-0.39, 0.29) is 0 Å². The monoisotopic (exact) mass is 244 g/mol. The molecular formula is C14H20N4. The van der Waals surface area contributed by atoms with Crippen LogP contribution in [0, 0.1) is 6.92 Å². The largest absolute Gasteiger partial charge is 0.310 e. The molecule has 2 aromatic heterocycles. The third-order valence-corrected chi connectivity index (χ3v) is 2.96. The first kappa shape index (κ1) is 12.8. The van der Waals surface area contributed by atoms with Crippen LogP contribution in [0.4, 0.5) is 0 Å². The minimum absolute atomic E-state index is 0.298. The van der Waals surface area contributed by atoms with Crippen molar-refractivity contribution in [3.63, 3.8) is 0 Å². The summed E-state index contributed by atoms with van der Waals surface area (Å²) in [6.07, 6.45) is 4.75. The summed E-state index contributed by atoms with van der Waals surface area (Å²) in [6.45, 7) is 5.09. The number of hydrogen-bond donors (Lipinski definition) is 1. The number of aromatic nitrogens is 3. The van der Waals surface area contributed by atoms with Gasteiger partial charge in [0, 0.05) is 37.6 Å². The topological polar surface area (TPSA) is 42.7 Å². The lowest BCUT2D eigenvalue weighted by Gasteiger charge is -2.17. The standard InChI is InChI=1S/C14H20N4/c1-4-15-14(10-13-6-8-18(3)17-13)12-5-7-16-11(2)9-12/h5-9,14-15H,4,10H2,1-3H3. The van der Waals surface area contributed by atoms with Crippen LogP contribution >= 0.6 is 0 Å². The summed E-state index contributed by atoms with van der Waals surface area (Å²) < 4.78 is 1.84. The summed E-state index contributed by atoms with van der Waals surface area (Å²) in [5.74, 6) is 0. The first-order chi connectivity index (χ1) is 8.69. The van der Waals surface area contributed by atoms with Crippen molar-refractivity contribution in [3.8, 4) is 0 Å². The molecule has 2 heterocycles. The molecule has 0 saturated carbocycles. The average Bonchev–Trinajstić information content (AvgIpc) is 2.74. The Morgan fingerprint density at radius 2 is 2.22 bits per heavy atom. The summed E-state index contributed by atoms with van der Waals surface area (Å²) in [5, 5.41) is 7.95. The van der Waals surface area contributed by atoms with Crippen LogP contribution < -0.4 is 5.32 Å². The van der Waals surface area contributed by atoms with E-state index in [0.29, 0.717) is 6.04 Å². The Balaban J connectivity index is 2.17. The fourth-order valence-electron chi connectivity index (χ4n) is 2.12. The molecule has 1 unspecified atom stereocenters. The Kier molecular flexibility index (Phi) is 4.10. The smallest absolute Gasteiger partial charge is 0.0643 e. The molecule has 0 amide bonds. The van der Waals surface area contributed by atoms with Crippen LogP contribution in [0.5, 0.6) is 0 Å². The van der Waals surface area contributed by atoms with Gasteiger partial charge in [0.1, 0.15) is 0 Å². The van der Waals surface area contributed by atoms with Gasteiger partial charge in [0.05, 0.1) is 5.69 Å². The number of hydrogen-bond acceptors (Lipinski definition) is 3. The maximum absolute atomic E-state index is 4.44. The second-order valence-corrected chi connectivity index (χ2v) is 4.53. The Labute approximate surface area is 108 Å². The van der Waals surface area contributed by atoms with Crippen molar-refractivity contribution in [2.24, 2.45) is 7.05 Å². The Hall–Kier alpha value is -1.68. The summed E-state index contributed by atoms with van der Waals surface area (Å²) in [7, 11) is 1.95. The Morgan fingerprint density at radius 3 is 2.83 bits per heavy atom. The van der Waals surface area contributed by atoms with E-state index in [1.165, 1.54) is 5.56 Å². The van der Waals surface area contributed by atoms with E-state index in [2.05, 4.69) is 40.5 Å². The summed E-state index contributed by atoms with van der Waals surface area (Å²) in [5.41, 5.74) is 3.43. The van der Waals surface area contributed by atoms with Gasteiger partial charge in [-0.3, -0.25) is 9.67 Å². The molecule has 1 N–H and O–H groups in total. The molecule has 0 fully saturated rings. The van der Waals surface area contributed by atoms with Gasteiger partial charge in [-0.05, 0) is 37.2 Å². The lowest BCUT2D eigenvalue weighted by molar-refractivity contribution is 0.539. The van der Waals surface area contributed by atoms with Crippen LogP contribution in [-0.2, 0) is 13.5 Å². The number of likely N-dealkylation sites (N-methyl/N-ethyl adjacent to an activating group) is 1. The van der Waals surface area contributed by atoms with Crippen LogP contribution in [0.2, 0.25) is 0 Å². The zero-order valence-corrected chi connectivity index (χ0v) is 11.2. The highest BCUT2D eigenvalue weighted by Crippen LogP contribution is 2.17. The highest BCUT2D eigenvalue weighted by molar-refractivity contribution is 5.21. The van der Waals surface area contributed by atoms with Crippen LogP contribution in [0.1, 0.15) is 29.9 Å². The van der Waals surface area contributed by atoms with Crippen molar-refractivity contribution in [2.45, 2.75) is 26.3 Å². The second-order valence-electron chi connectivity index (χ2n) is 4.53. The quantitative estimate of drug-likeness (QED) is 0.875. The first-order valence-corrected chi connectivity index (χ1v) is 6.33. The number of pyridine rings is 1. The van der Waals surface area contributed by atoms with E-state index in [0.717, 1.165) is 24.4 Å². The van der Waals surface area contributed by atoms with Crippen molar-refractivity contribution in [2.75, 3.05) is 6.54 Å². The van der Waals surface area contributed by atoms with E-state index in [9.17, 15) is 0 Å². The molecule has 0 aromatic carbocycles. The maximum Gasteiger partial charge on any atom is 0.0643 e. The van der Waals surface area contributed by atoms with Crippen molar-refractivity contribution >= 4 is 0 Å². The second kappa shape index (κ2) is 5.78. The van der Waals surface area contributed by atoms with Crippen molar-refractivity contribution in [1.29, 1.82) is 0 Å². The predicted molar refractivity (Wildman–Crippen MR) is 72.3 cm³/mol. The molecule has 96 valence electrons. The third kappa shape index (κ3) is 3.17. The van der Waals surface area contributed by atoms with Gasteiger partial charge in [0.25, 0.3) is 0 Å². The molecule has 0 spiro atoms. The first-order valence-electron chi connectivity index (χ1n) is 6.33. The fourth-order valence-corrected chi connectivity index (χ4v) is 2.12. The third-order valence-electron chi connectivity index (χ3n) is 2.96. The number of nitrogens with zero attached hydrogens (tertiary/aromatic N) is 3. The highest BCUT2D eigenvalue weighted by atomic mass is 15.2. The summed E-state index contributed by atoms with van der Waals surface area (Å²) in [6, 6.07) is 6.57. The SMILES string of the molecule is CCNC(Cc1ccn(C)n1)c1ccnc(C)c1. The Morgan fingerprint density at radius 1 is 1.39 bits per heavy atom. The molecule has 0 bridgehead atoms. The number of aryl methyl sites for hydroxylation is 2. The predicted octanol–water partition coefficient (Wildman–Crippen LogP) is 2.02. The van der Waals surface area contributed by atoms with Gasteiger partial charge in [-0.1, -0.05) is 6.92 Å². The molecule has 1 atom stereocenters. The zero-order chi connectivity index (χ0) is 13.0. The lowest BCUT2D eigenvalue weighted by atomic mass is 10.0. The normalized spacial score (nSPS) is 12.6. The van der Waals surface area contributed by atoms with Gasteiger partial charge < -0.3 is 5.32 Å². The molecular weight excluding hydrogens is 224 g/mol. The number of rotatable bonds is 5. The van der Waals surface area contributed by atoms with Crippen molar-refractivity contribution < 1.29 is 0 Å². The van der Waals surface area contributed by atoms with Crippen molar-refractivity contribution in [1.82, 2.24) is 20.1 Å². The molecule has 0 aliphatic carbocycles. The van der Waals surface area contributed by atoms with Gasteiger partial charge in [-0.2, -0.15) is 5.10 Å². The molecule has 0 aliphatic heterocycles. The minimum Gasteiger partial charge on any atom is -0.310 e.